The van der Waals surface area contributed by atoms with Gasteiger partial charge in [-0.3, -0.25) is 4.79 Å². The number of carbonyl (C=O) groups excluding carboxylic acids is 1. The zero-order valence-corrected chi connectivity index (χ0v) is 13.3. The van der Waals surface area contributed by atoms with E-state index in [9.17, 15) is 13.2 Å². The first kappa shape index (κ1) is 16.6. The van der Waals surface area contributed by atoms with Crippen molar-refractivity contribution < 1.29 is 13.2 Å². The van der Waals surface area contributed by atoms with Gasteiger partial charge in [-0.15, -0.1) is 11.3 Å². The average Bonchev–Trinajstić information content (AvgIpc) is 2.87. The van der Waals surface area contributed by atoms with Crippen molar-refractivity contribution in [3.63, 3.8) is 0 Å². The number of nitriles is 1. The molecule has 0 aliphatic rings. The van der Waals surface area contributed by atoms with Gasteiger partial charge in [0.25, 0.3) is 10.0 Å². The van der Waals surface area contributed by atoms with Crippen LogP contribution in [0.4, 0.5) is 0 Å². The van der Waals surface area contributed by atoms with Gasteiger partial charge in [0.1, 0.15) is 15.2 Å². The number of hydrogen-bond donors (Lipinski definition) is 0. The second-order valence-corrected chi connectivity index (χ2v) is 7.61. The van der Waals surface area contributed by atoms with Crippen LogP contribution in [0.1, 0.15) is 18.2 Å². The van der Waals surface area contributed by atoms with Crippen molar-refractivity contribution in [2.45, 2.75) is 17.6 Å². The molecule has 0 N–H and O–H groups in total. The Hall–Kier alpha value is -1.43. The Morgan fingerprint density at radius 2 is 2.05 bits per heavy atom. The van der Waals surface area contributed by atoms with Crippen LogP contribution in [-0.2, 0) is 14.8 Å². The van der Waals surface area contributed by atoms with Crippen molar-refractivity contribution in [2.24, 2.45) is 0 Å². The molecule has 0 atom stereocenters. The maximum absolute atomic E-state index is 12.5. The fourth-order valence-electron chi connectivity index (χ4n) is 1.47. The summed E-state index contributed by atoms with van der Waals surface area (Å²) in [6.45, 7) is 1.92. The first-order valence-electron chi connectivity index (χ1n) is 6.03. The van der Waals surface area contributed by atoms with E-state index in [1.165, 1.54) is 17.0 Å². The molecule has 0 aliphatic carbocycles. The molecule has 110 valence electrons. The molecule has 0 unspecified atom stereocenters. The number of thiophene rings is 1. The molecule has 20 heavy (non-hydrogen) atoms. The quantitative estimate of drug-likeness (QED) is 0.787. The maximum Gasteiger partial charge on any atom is 0.253 e. The van der Waals surface area contributed by atoms with Gasteiger partial charge in [-0.05, 0) is 18.6 Å². The summed E-state index contributed by atoms with van der Waals surface area (Å²) in [7, 11) is -0.565. The topological polar surface area (TPSA) is 81.5 Å². The molecule has 0 fully saturated rings. The van der Waals surface area contributed by atoms with Crippen LogP contribution in [0, 0.1) is 11.3 Å². The second-order valence-electron chi connectivity index (χ2n) is 4.36. The van der Waals surface area contributed by atoms with E-state index in [-0.39, 0.29) is 23.2 Å². The van der Waals surface area contributed by atoms with E-state index in [0.717, 1.165) is 15.6 Å². The summed E-state index contributed by atoms with van der Waals surface area (Å²) in [4.78, 5) is 13.4. The van der Waals surface area contributed by atoms with Crippen molar-refractivity contribution in [1.82, 2.24) is 9.21 Å². The molecule has 0 radical (unpaired) electrons. The highest BCUT2D eigenvalue weighted by molar-refractivity contribution is 7.91. The van der Waals surface area contributed by atoms with E-state index in [2.05, 4.69) is 0 Å². The fourth-order valence-corrected chi connectivity index (χ4v) is 4.21. The van der Waals surface area contributed by atoms with Crippen molar-refractivity contribution >= 4 is 27.3 Å². The molecule has 0 saturated carbocycles. The number of amides is 1. The Labute approximate surface area is 123 Å². The van der Waals surface area contributed by atoms with E-state index < -0.39 is 10.0 Å². The molecule has 0 spiro atoms. The lowest BCUT2D eigenvalue weighted by Gasteiger charge is -2.22. The van der Waals surface area contributed by atoms with Crippen LogP contribution < -0.4 is 0 Å². The molecule has 1 heterocycles. The predicted octanol–water partition coefficient (Wildman–Crippen LogP) is 1.11. The van der Waals surface area contributed by atoms with Gasteiger partial charge < -0.3 is 4.90 Å². The van der Waals surface area contributed by atoms with Crippen LogP contribution in [0.15, 0.2) is 16.3 Å². The number of rotatable bonds is 6. The maximum atomic E-state index is 12.5. The van der Waals surface area contributed by atoms with Gasteiger partial charge in [-0.2, -0.15) is 9.57 Å². The first-order valence-corrected chi connectivity index (χ1v) is 8.28. The highest BCUT2D eigenvalue weighted by atomic mass is 32.2. The predicted molar refractivity (Wildman–Crippen MR) is 76.8 cm³/mol. The van der Waals surface area contributed by atoms with Crippen LogP contribution >= 0.6 is 11.3 Å². The Morgan fingerprint density at radius 1 is 1.40 bits per heavy atom. The second kappa shape index (κ2) is 6.83. The van der Waals surface area contributed by atoms with E-state index >= 15 is 0 Å². The summed E-state index contributed by atoms with van der Waals surface area (Å²) in [6, 6.07) is 4.78. The van der Waals surface area contributed by atoms with Gasteiger partial charge in [0.15, 0.2) is 0 Å². The number of nitrogens with zero attached hydrogens (tertiary/aromatic N) is 3. The molecule has 8 heteroatoms. The van der Waals surface area contributed by atoms with Gasteiger partial charge in [0, 0.05) is 20.6 Å². The lowest BCUT2D eigenvalue weighted by Crippen LogP contribution is -2.40. The standard InChI is InChI=1S/C12H17N3O3S2/c1-4-7-15(9-11(16)14(2)3)20(17,18)12-6-5-10(8-13)19-12/h5-6H,4,7,9H2,1-3H3. The minimum atomic E-state index is -3.73. The fraction of sp³-hybridized carbons (Fsp3) is 0.500. The Morgan fingerprint density at radius 3 is 2.50 bits per heavy atom. The van der Waals surface area contributed by atoms with E-state index in [4.69, 9.17) is 5.26 Å². The summed E-state index contributed by atoms with van der Waals surface area (Å²) in [6.07, 6.45) is 0.608. The molecule has 0 bridgehead atoms. The summed E-state index contributed by atoms with van der Waals surface area (Å²) in [5.41, 5.74) is 0. The molecule has 0 saturated heterocycles. The molecular formula is C12H17N3O3S2. The summed E-state index contributed by atoms with van der Waals surface area (Å²) < 4.78 is 26.2. The van der Waals surface area contributed by atoms with E-state index in [1.54, 1.807) is 14.1 Å². The third kappa shape index (κ3) is 3.79. The monoisotopic (exact) mass is 315 g/mol. The zero-order valence-electron chi connectivity index (χ0n) is 11.7. The van der Waals surface area contributed by atoms with Crippen LogP contribution in [-0.4, -0.2) is 50.7 Å². The number of hydrogen-bond acceptors (Lipinski definition) is 5. The van der Waals surface area contributed by atoms with E-state index in [0.29, 0.717) is 11.3 Å². The van der Waals surface area contributed by atoms with E-state index in [1.807, 2.05) is 13.0 Å². The molecule has 1 amide bonds. The molecule has 1 rings (SSSR count). The van der Waals surface area contributed by atoms with Crippen LogP contribution in [0.3, 0.4) is 0 Å². The van der Waals surface area contributed by atoms with Gasteiger partial charge in [-0.1, -0.05) is 6.92 Å². The van der Waals surface area contributed by atoms with Gasteiger partial charge in [0.05, 0.1) is 6.54 Å². The largest absolute Gasteiger partial charge is 0.348 e. The third-order valence-electron chi connectivity index (χ3n) is 2.57. The minimum Gasteiger partial charge on any atom is -0.348 e. The minimum absolute atomic E-state index is 0.0917. The van der Waals surface area contributed by atoms with Crippen molar-refractivity contribution in [2.75, 3.05) is 27.2 Å². The smallest absolute Gasteiger partial charge is 0.253 e. The van der Waals surface area contributed by atoms with Crippen molar-refractivity contribution in [1.29, 1.82) is 5.26 Å². The Balaban J connectivity index is 3.06. The van der Waals surface area contributed by atoms with Crippen molar-refractivity contribution in [3.05, 3.63) is 17.0 Å². The summed E-state index contributed by atoms with van der Waals surface area (Å²) >= 11 is 0.914. The third-order valence-corrected chi connectivity index (χ3v) is 5.87. The van der Waals surface area contributed by atoms with Crippen molar-refractivity contribution in [3.8, 4) is 6.07 Å². The summed E-state index contributed by atoms with van der Waals surface area (Å²) in [5, 5.41) is 8.77. The summed E-state index contributed by atoms with van der Waals surface area (Å²) in [5.74, 6) is -0.279. The highest BCUT2D eigenvalue weighted by Crippen LogP contribution is 2.24. The highest BCUT2D eigenvalue weighted by Gasteiger charge is 2.28. The molecule has 0 aromatic carbocycles. The van der Waals surface area contributed by atoms with Gasteiger partial charge >= 0.3 is 0 Å². The Bertz CT molecular complexity index is 614. The normalized spacial score (nSPS) is 11.3. The van der Waals surface area contributed by atoms with Gasteiger partial charge in [0.2, 0.25) is 5.91 Å². The average molecular weight is 315 g/mol. The number of likely N-dealkylation sites (N-methyl/N-ethyl adjacent to an activating group) is 1. The molecule has 6 nitrogen and oxygen atoms in total. The van der Waals surface area contributed by atoms with Crippen LogP contribution in [0.5, 0.6) is 0 Å². The molecule has 1 aromatic rings. The number of carbonyl (C=O) groups is 1. The zero-order chi connectivity index (χ0) is 15.3. The Kier molecular flexibility index (Phi) is 5.68. The van der Waals surface area contributed by atoms with Gasteiger partial charge in [-0.25, -0.2) is 8.42 Å². The SMILES string of the molecule is CCCN(CC(=O)N(C)C)S(=O)(=O)c1ccc(C#N)s1. The van der Waals surface area contributed by atoms with Crippen LogP contribution in [0.25, 0.3) is 0 Å². The molecule has 0 aliphatic heterocycles. The molecular weight excluding hydrogens is 298 g/mol. The lowest BCUT2D eigenvalue weighted by atomic mass is 10.4. The lowest BCUT2D eigenvalue weighted by molar-refractivity contribution is -0.128. The molecule has 1 aromatic heterocycles. The number of sulfonamides is 1. The first-order chi connectivity index (χ1) is 9.32. The van der Waals surface area contributed by atoms with Crippen LogP contribution in [0.2, 0.25) is 0 Å².